The average Bonchev–Trinajstić information content (AvgIpc) is 2.98. The molecule has 2 aromatic rings. The van der Waals surface area contributed by atoms with Gasteiger partial charge in [-0.25, -0.2) is 17.6 Å². The summed E-state index contributed by atoms with van der Waals surface area (Å²) in [7, 11) is -5.03. The molecular weight excluding hydrogens is 684 g/mol. The molecule has 0 fully saturated rings. The van der Waals surface area contributed by atoms with E-state index >= 15 is 0 Å². The third-order valence-electron chi connectivity index (χ3n) is 6.77. The van der Waals surface area contributed by atoms with Crippen LogP contribution in [0.1, 0.15) is 53.5 Å². The number of nitrogens with zero attached hydrogens (tertiary/aromatic N) is 1. The van der Waals surface area contributed by atoms with Gasteiger partial charge in [-0.05, 0) is 77.9 Å². The van der Waals surface area contributed by atoms with E-state index in [4.69, 9.17) is 23.7 Å². The van der Waals surface area contributed by atoms with E-state index < -0.39 is 86.6 Å². The van der Waals surface area contributed by atoms with Gasteiger partial charge in [0.2, 0.25) is 0 Å². The Balaban J connectivity index is 2.22. The van der Waals surface area contributed by atoms with Gasteiger partial charge in [-0.15, -0.1) is 0 Å². The van der Waals surface area contributed by atoms with Gasteiger partial charge in [0.25, 0.3) is 15.4 Å². The SMILES string of the molecule is CCOC(=O)C(C[C@H]1CN(S(=O)(=O)c2ccc(F)c(C(F)(F)F)c2)c2cc(NC(=O)OC(C)(C)C)ccc2O1)(C(=O)OCC)C(=O)OCC. The fourth-order valence-electron chi connectivity index (χ4n) is 4.76. The zero-order valence-electron chi connectivity index (χ0n) is 27.4. The molecule has 3 rings (SSSR count). The maximum Gasteiger partial charge on any atom is 0.419 e. The lowest BCUT2D eigenvalue weighted by Crippen LogP contribution is -2.54. The molecule has 1 atom stereocenters. The first-order chi connectivity index (χ1) is 22.7. The van der Waals surface area contributed by atoms with Gasteiger partial charge in [0, 0.05) is 12.1 Å². The Morgan fingerprint density at radius 1 is 0.898 bits per heavy atom. The predicted molar refractivity (Wildman–Crippen MR) is 164 cm³/mol. The Morgan fingerprint density at radius 2 is 1.45 bits per heavy atom. The highest BCUT2D eigenvalue weighted by Crippen LogP contribution is 2.43. The number of anilines is 2. The summed E-state index contributed by atoms with van der Waals surface area (Å²) in [6.45, 7) is 7.34. The van der Waals surface area contributed by atoms with Crippen molar-refractivity contribution < 1.29 is 68.8 Å². The number of fused-ring (bicyclic) bond motifs is 1. The summed E-state index contributed by atoms with van der Waals surface area (Å²) in [6, 6.07) is 4.66. The first-order valence-electron chi connectivity index (χ1n) is 14.9. The number of amides is 1. The summed E-state index contributed by atoms with van der Waals surface area (Å²) in [5.74, 6) is -6.10. The van der Waals surface area contributed by atoms with E-state index in [1.807, 2.05) is 0 Å². The summed E-state index contributed by atoms with van der Waals surface area (Å²) in [4.78, 5) is 51.4. The first kappa shape index (κ1) is 38.8. The molecule has 49 heavy (non-hydrogen) atoms. The summed E-state index contributed by atoms with van der Waals surface area (Å²) >= 11 is 0. The van der Waals surface area contributed by atoms with Crippen LogP contribution < -0.4 is 14.4 Å². The Kier molecular flexibility index (Phi) is 11.8. The third-order valence-corrected chi connectivity index (χ3v) is 8.55. The minimum atomic E-state index is -5.26. The second kappa shape index (κ2) is 14.9. The third kappa shape index (κ3) is 8.71. The molecule has 1 N–H and O–H groups in total. The van der Waals surface area contributed by atoms with E-state index in [-0.39, 0.29) is 43.0 Å². The van der Waals surface area contributed by atoms with Gasteiger partial charge in [0.15, 0.2) is 0 Å². The normalized spacial score (nSPS) is 15.0. The standard InChI is InChI=1S/C31H36F4N2O11S/c1-7-44-25(38)30(26(39)45-8-2,27(40)46-9-3)16-19-17-37(49(42,43)20-11-12-22(32)21(15-20)31(33,34)35)23-14-18(10-13-24(23)47-19)36-28(41)48-29(4,5)6/h10-15,19H,7-9,16-17H2,1-6H3,(H,36,41)/t19-/m0/s1. The molecule has 1 aliphatic rings. The molecule has 0 saturated heterocycles. The second-order valence-corrected chi connectivity index (χ2v) is 13.4. The van der Waals surface area contributed by atoms with Crippen LogP contribution in [0.2, 0.25) is 0 Å². The maximum atomic E-state index is 14.2. The number of hydrogen-bond acceptors (Lipinski definition) is 11. The second-order valence-electron chi connectivity index (χ2n) is 11.5. The lowest BCUT2D eigenvalue weighted by Gasteiger charge is -2.38. The van der Waals surface area contributed by atoms with Gasteiger partial charge < -0.3 is 23.7 Å². The fraction of sp³-hybridized carbons (Fsp3) is 0.484. The number of carbonyl (C=O) groups is 4. The first-order valence-corrected chi connectivity index (χ1v) is 16.4. The van der Waals surface area contributed by atoms with Crippen LogP contribution in [0.25, 0.3) is 0 Å². The number of esters is 3. The summed E-state index contributed by atoms with van der Waals surface area (Å²) in [6.07, 6.45) is -8.63. The van der Waals surface area contributed by atoms with Gasteiger partial charge in [-0.3, -0.25) is 24.0 Å². The van der Waals surface area contributed by atoms with Crippen molar-refractivity contribution in [1.29, 1.82) is 0 Å². The molecule has 1 aliphatic heterocycles. The van der Waals surface area contributed by atoms with E-state index in [0.29, 0.717) is 16.4 Å². The monoisotopic (exact) mass is 720 g/mol. The quantitative estimate of drug-likeness (QED) is 0.140. The number of ether oxygens (including phenoxy) is 5. The fourth-order valence-corrected chi connectivity index (χ4v) is 6.28. The molecule has 270 valence electrons. The van der Waals surface area contributed by atoms with Crippen molar-refractivity contribution in [2.75, 3.05) is 36.0 Å². The molecule has 1 amide bonds. The maximum absolute atomic E-state index is 14.2. The van der Waals surface area contributed by atoms with Gasteiger partial charge in [0.05, 0.1) is 42.5 Å². The van der Waals surface area contributed by atoms with Gasteiger partial charge in [-0.1, -0.05) is 0 Å². The van der Waals surface area contributed by atoms with Gasteiger partial charge in [0.1, 0.15) is 23.3 Å². The van der Waals surface area contributed by atoms with Crippen molar-refractivity contribution in [2.24, 2.45) is 5.41 Å². The Hall–Kier alpha value is -4.61. The Labute approximate surface area is 279 Å². The number of carbonyl (C=O) groups excluding carboxylic acids is 4. The summed E-state index contributed by atoms with van der Waals surface area (Å²) in [5, 5.41) is 2.41. The van der Waals surface area contributed by atoms with Crippen molar-refractivity contribution in [3.63, 3.8) is 0 Å². The molecule has 0 unspecified atom stereocenters. The van der Waals surface area contributed by atoms with Crippen LogP contribution in [0.15, 0.2) is 41.3 Å². The smallest absolute Gasteiger partial charge is 0.419 e. The van der Waals surface area contributed by atoms with Crippen molar-refractivity contribution in [3.8, 4) is 5.75 Å². The predicted octanol–water partition coefficient (Wildman–Crippen LogP) is 5.21. The number of halogens is 4. The number of sulfonamides is 1. The van der Waals surface area contributed by atoms with E-state index in [2.05, 4.69) is 5.32 Å². The zero-order chi connectivity index (χ0) is 36.9. The molecule has 18 heteroatoms. The minimum absolute atomic E-state index is 0.0238. The van der Waals surface area contributed by atoms with E-state index in [0.717, 1.165) is 6.07 Å². The molecule has 0 saturated carbocycles. The van der Waals surface area contributed by atoms with Crippen LogP contribution in [-0.2, 0) is 49.5 Å². The average molecular weight is 721 g/mol. The molecule has 0 spiro atoms. The van der Waals surface area contributed by atoms with Gasteiger partial charge in [-0.2, -0.15) is 13.2 Å². The highest BCUT2D eigenvalue weighted by Gasteiger charge is 2.59. The summed E-state index contributed by atoms with van der Waals surface area (Å²) < 4.78 is 110. The van der Waals surface area contributed by atoms with E-state index in [1.54, 1.807) is 20.8 Å². The number of alkyl halides is 3. The number of rotatable bonds is 11. The number of hydrogen-bond donors (Lipinski definition) is 1. The Bertz CT molecular complexity index is 1650. The van der Waals surface area contributed by atoms with Crippen LogP contribution in [-0.4, -0.2) is 70.5 Å². The highest BCUT2D eigenvalue weighted by atomic mass is 32.2. The molecule has 2 aromatic carbocycles. The lowest BCUT2D eigenvalue weighted by molar-refractivity contribution is -0.186. The van der Waals surface area contributed by atoms with Crippen LogP contribution in [0.3, 0.4) is 0 Å². The van der Waals surface area contributed by atoms with Crippen molar-refractivity contribution in [2.45, 2.75) is 70.7 Å². The molecule has 0 aliphatic carbocycles. The minimum Gasteiger partial charge on any atom is -0.486 e. The molecule has 13 nitrogen and oxygen atoms in total. The molecular formula is C31H36F4N2O11S. The largest absolute Gasteiger partial charge is 0.486 e. The van der Waals surface area contributed by atoms with Crippen LogP contribution >= 0.6 is 0 Å². The van der Waals surface area contributed by atoms with Crippen molar-refractivity contribution in [1.82, 2.24) is 0 Å². The topological polar surface area (TPSA) is 164 Å². The van der Waals surface area contributed by atoms with Crippen LogP contribution in [0, 0.1) is 11.2 Å². The number of nitrogens with one attached hydrogen (secondary N) is 1. The number of benzene rings is 2. The zero-order valence-corrected chi connectivity index (χ0v) is 28.3. The molecule has 0 radical (unpaired) electrons. The Morgan fingerprint density at radius 3 is 1.94 bits per heavy atom. The molecule has 1 heterocycles. The highest BCUT2D eigenvalue weighted by molar-refractivity contribution is 7.92. The molecule has 0 aromatic heterocycles. The lowest BCUT2D eigenvalue weighted by atomic mass is 9.81. The molecule has 0 bridgehead atoms. The van der Waals surface area contributed by atoms with Crippen LogP contribution in [0.4, 0.5) is 33.7 Å². The van der Waals surface area contributed by atoms with Crippen molar-refractivity contribution >= 4 is 45.4 Å². The van der Waals surface area contributed by atoms with Crippen LogP contribution in [0.5, 0.6) is 5.75 Å². The van der Waals surface area contributed by atoms with E-state index in [9.17, 15) is 45.2 Å². The van der Waals surface area contributed by atoms with Gasteiger partial charge >= 0.3 is 30.2 Å². The van der Waals surface area contributed by atoms with E-state index in [1.165, 1.54) is 32.9 Å². The summed E-state index contributed by atoms with van der Waals surface area (Å²) in [5.41, 5.74) is -5.91. The van der Waals surface area contributed by atoms with Crippen molar-refractivity contribution in [3.05, 3.63) is 47.8 Å².